The van der Waals surface area contributed by atoms with E-state index < -0.39 is 0 Å². The molecule has 2 N–H and O–H groups in total. The third-order valence-electron chi connectivity index (χ3n) is 5.53. The molecule has 7 heteroatoms. The molecule has 0 aliphatic heterocycles. The molecule has 0 atom stereocenters. The molecule has 0 fully saturated rings. The molecule has 0 amide bonds. The number of anilines is 2. The van der Waals surface area contributed by atoms with Crippen LogP contribution in [-0.4, -0.2) is 36.1 Å². The summed E-state index contributed by atoms with van der Waals surface area (Å²) in [6.45, 7) is 13.2. The maximum Gasteiger partial charge on any atom is 2.00 e. The monoisotopic (exact) mass is 669 g/mol. The van der Waals surface area contributed by atoms with Crippen molar-refractivity contribution >= 4 is 11.4 Å². The number of aryl methyl sites for hydroxylation is 4. The molecule has 0 aliphatic carbocycles. The van der Waals surface area contributed by atoms with Crippen LogP contribution in [0.5, 0.6) is 0 Å². The van der Waals surface area contributed by atoms with E-state index in [1.807, 2.05) is 12.3 Å². The molecule has 0 spiro atoms. The first-order valence-electron chi connectivity index (χ1n) is 10.8. The van der Waals surface area contributed by atoms with Crippen molar-refractivity contribution in [3.63, 3.8) is 0 Å². The van der Waals surface area contributed by atoms with Gasteiger partial charge in [-0.15, -0.1) is 0 Å². The van der Waals surface area contributed by atoms with Crippen LogP contribution in [0.4, 0.5) is 11.4 Å². The Morgan fingerprint density at radius 1 is 0.667 bits per heavy atom. The van der Waals surface area contributed by atoms with Crippen molar-refractivity contribution in [2.75, 3.05) is 36.8 Å². The maximum absolute atomic E-state index is 4.53. The van der Waals surface area contributed by atoms with Gasteiger partial charge in [0.2, 0.25) is 0 Å². The van der Waals surface area contributed by atoms with Gasteiger partial charge in [-0.3, -0.25) is 9.88 Å². The molecule has 1 heterocycles. The zero-order valence-electron chi connectivity index (χ0n) is 19.8. The molecule has 0 aliphatic rings. The van der Waals surface area contributed by atoms with Crippen molar-refractivity contribution in [2.45, 2.75) is 34.2 Å². The van der Waals surface area contributed by atoms with Gasteiger partial charge in [-0.1, -0.05) is 42.5 Å². The van der Waals surface area contributed by atoms with Crippen LogP contribution in [-0.2, 0) is 28.9 Å². The number of hydrogen-bond acceptors (Lipinski definition) is 4. The van der Waals surface area contributed by atoms with Crippen LogP contribution in [0.25, 0.3) is 0 Å². The van der Waals surface area contributed by atoms with E-state index in [0.717, 1.165) is 38.4 Å². The van der Waals surface area contributed by atoms with Crippen molar-refractivity contribution < 1.29 is 47.2 Å². The summed E-state index contributed by atoms with van der Waals surface area (Å²) in [7, 11) is 0. The normalized spacial score (nSPS) is 9.97. The molecule has 1 aromatic heterocycles. The molecule has 0 saturated heterocycles. The van der Waals surface area contributed by atoms with E-state index >= 15 is 0 Å². The molecular formula is C26H34AuCl2N4. The van der Waals surface area contributed by atoms with Crippen LogP contribution in [0.15, 0.2) is 60.8 Å². The molecular weight excluding hydrogens is 636 g/mol. The Kier molecular flexibility index (Phi) is 15.4. The van der Waals surface area contributed by atoms with Crippen LogP contribution < -0.4 is 35.4 Å². The van der Waals surface area contributed by atoms with Gasteiger partial charge in [-0.2, -0.15) is 0 Å². The Labute approximate surface area is 227 Å². The first-order valence-corrected chi connectivity index (χ1v) is 10.8. The van der Waals surface area contributed by atoms with Crippen LogP contribution in [0.2, 0.25) is 0 Å². The van der Waals surface area contributed by atoms with Gasteiger partial charge in [0.15, 0.2) is 0 Å². The first kappa shape index (κ1) is 31.5. The van der Waals surface area contributed by atoms with Crippen molar-refractivity contribution in [1.29, 1.82) is 0 Å². The number of rotatable bonds is 10. The average Bonchev–Trinajstić information content (AvgIpc) is 2.73. The molecule has 183 valence electrons. The number of para-hydroxylation sites is 2. The van der Waals surface area contributed by atoms with E-state index in [0.29, 0.717) is 0 Å². The molecule has 33 heavy (non-hydrogen) atoms. The minimum absolute atomic E-state index is 0. The molecule has 4 nitrogen and oxygen atoms in total. The molecule has 0 unspecified atom stereocenters. The van der Waals surface area contributed by atoms with Crippen LogP contribution in [0.3, 0.4) is 0 Å². The largest absolute Gasteiger partial charge is 2.00 e. The van der Waals surface area contributed by atoms with Crippen molar-refractivity contribution in [1.82, 2.24) is 9.88 Å². The number of pyridine rings is 1. The van der Waals surface area contributed by atoms with Gasteiger partial charge in [-0.25, -0.2) is 0 Å². The Bertz CT molecular complexity index is 856. The first-order chi connectivity index (χ1) is 14.5. The van der Waals surface area contributed by atoms with E-state index in [1.165, 1.54) is 33.6 Å². The molecule has 3 rings (SSSR count). The second-order valence-electron chi connectivity index (χ2n) is 7.98. The fourth-order valence-electron chi connectivity index (χ4n) is 3.86. The zero-order chi connectivity index (χ0) is 21.3. The summed E-state index contributed by atoms with van der Waals surface area (Å²) in [6, 6.07) is 19.0. The quantitative estimate of drug-likeness (QED) is 0.282. The molecule has 3 aromatic rings. The molecule has 1 radical (unpaired) electrons. The third kappa shape index (κ3) is 9.70. The summed E-state index contributed by atoms with van der Waals surface area (Å²) >= 11 is 0. The van der Waals surface area contributed by atoms with E-state index in [4.69, 9.17) is 0 Å². The predicted molar refractivity (Wildman–Crippen MR) is 128 cm³/mol. The van der Waals surface area contributed by atoms with Gasteiger partial charge in [-0.05, 0) is 62.1 Å². The van der Waals surface area contributed by atoms with E-state index in [2.05, 4.69) is 96.7 Å². The fraction of sp³-hybridized carbons (Fsp3) is 0.346. The number of nitrogens with zero attached hydrogens (tertiary/aromatic N) is 2. The Morgan fingerprint density at radius 3 is 1.52 bits per heavy atom. The number of hydrogen-bond donors (Lipinski definition) is 2. The Hall–Kier alpha value is -1.53. The van der Waals surface area contributed by atoms with Crippen LogP contribution in [0, 0.1) is 27.7 Å². The summed E-state index contributed by atoms with van der Waals surface area (Å²) in [5.74, 6) is 0. The average molecular weight is 670 g/mol. The Morgan fingerprint density at radius 2 is 1.12 bits per heavy atom. The van der Waals surface area contributed by atoms with E-state index in [1.54, 1.807) is 0 Å². The van der Waals surface area contributed by atoms with E-state index in [-0.39, 0.29) is 47.2 Å². The van der Waals surface area contributed by atoms with Crippen molar-refractivity contribution in [2.24, 2.45) is 0 Å². The zero-order valence-corrected chi connectivity index (χ0v) is 23.4. The van der Waals surface area contributed by atoms with Gasteiger partial charge < -0.3 is 35.4 Å². The second kappa shape index (κ2) is 16.2. The molecule has 2 aromatic carbocycles. The van der Waals surface area contributed by atoms with Crippen LogP contribution in [0.1, 0.15) is 27.9 Å². The number of aromatic nitrogens is 1. The fourth-order valence-corrected chi connectivity index (χ4v) is 3.86. The molecule has 0 saturated carbocycles. The SMILES string of the molecule is Cc1cccc(C)c1NCCN(CCNc1c(C)cccc1C)Cc1ccccn1.[Au+2].[Cl-].[Cl-]. The minimum atomic E-state index is 0. The van der Waals surface area contributed by atoms with Crippen LogP contribution >= 0.6 is 0 Å². The summed E-state index contributed by atoms with van der Waals surface area (Å²) in [6.07, 6.45) is 1.87. The predicted octanol–water partition coefficient (Wildman–Crippen LogP) is -0.653. The minimum Gasteiger partial charge on any atom is -1.00 e. The number of benzene rings is 2. The van der Waals surface area contributed by atoms with Crippen molar-refractivity contribution in [3.8, 4) is 0 Å². The standard InChI is InChI=1S/C26H34N4.Au.2ClH/c1-20-9-7-10-21(2)25(20)28-15-17-30(19-24-13-5-6-14-27-24)18-16-29-26-22(3)11-8-12-23(26)4;;;/h5-14,28-29H,15-19H2,1-4H3;;2*1H/q;+2;;/p-2. The van der Waals surface area contributed by atoms with Gasteiger partial charge in [0.1, 0.15) is 0 Å². The third-order valence-corrected chi connectivity index (χ3v) is 5.53. The molecule has 0 bridgehead atoms. The summed E-state index contributed by atoms with van der Waals surface area (Å²) < 4.78 is 0. The van der Waals surface area contributed by atoms with Gasteiger partial charge in [0.05, 0.1) is 5.69 Å². The van der Waals surface area contributed by atoms with Gasteiger partial charge >= 0.3 is 22.4 Å². The van der Waals surface area contributed by atoms with Gasteiger partial charge in [0, 0.05) is 50.3 Å². The van der Waals surface area contributed by atoms with Crippen molar-refractivity contribution in [3.05, 3.63) is 88.7 Å². The summed E-state index contributed by atoms with van der Waals surface area (Å²) in [5, 5.41) is 7.28. The van der Waals surface area contributed by atoms with E-state index in [9.17, 15) is 0 Å². The number of halogens is 2. The second-order valence-corrected chi connectivity index (χ2v) is 7.98. The topological polar surface area (TPSA) is 40.2 Å². The summed E-state index contributed by atoms with van der Waals surface area (Å²) in [5.41, 5.74) is 8.79. The number of nitrogens with one attached hydrogen (secondary N) is 2. The maximum atomic E-state index is 4.53. The Balaban J connectivity index is 0.00000341. The smallest absolute Gasteiger partial charge is 1.00 e. The summed E-state index contributed by atoms with van der Waals surface area (Å²) in [4.78, 5) is 6.99. The van der Waals surface area contributed by atoms with Gasteiger partial charge in [0.25, 0.3) is 0 Å².